The third-order valence-corrected chi connectivity index (χ3v) is 3.80. The molecule has 0 aliphatic rings. The van der Waals surface area contributed by atoms with Gasteiger partial charge in [-0.1, -0.05) is 0 Å². The lowest BCUT2D eigenvalue weighted by Gasteiger charge is -1.95. The number of aliphatic carboxylic acids is 1. The largest absolute Gasteiger partial charge is 0.481 e. The van der Waals surface area contributed by atoms with Gasteiger partial charge in [0.25, 0.3) is 0 Å². The predicted molar refractivity (Wildman–Crippen MR) is 67.2 cm³/mol. The van der Waals surface area contributed by atoms with Crippen LogP contribution in [0.25, 0.3) is 10.6 Å². The Morgan fingerprint density at radius 3 is 3.06 bits per heavy atom. The van der Waals surface area contributed by atoms with E-state index in [-0.39, 0.29) is 6.42 Å². The third-order valence-electron chi connectivity index (χ3n) is 2.53. The zero-order valence-corrected chi connectivity index (χ0v) is 10.4. The van der Waals surface area contributed by atoms with Crippen molar-refractivity contribution in [3.05, 3.63) is 29.0 Å². The second kappa shape index (κ2) is 5.14. The fourth-order valence-corrected chi connectivity index (χ4v) is 2.74. The first-order valence-electron chi connectivity index (χ1n) is 5.48. The van der Waals surface area contributed by atoms with Gasteiger partial charge in [-0.15, -0.1) is 11.3 Å². The molecule has 0 aliphatic carbocycles. The number of nitrogens with one attached hydrogen (secondary N) is 1. The maximum Gasteiger partial charge on any atom is 0.303 e. The highest BCUT2D eigenvalue weighted by atomic mass is 32.1. The predicted octanol–water partition coefficient (Wildman–Crippen LogP) is 2.85. The minimum atomic E-state index is -0.738. The fraction of sp³-hybridized carbons (Fsp3) is 0.333. The van der Waals surface area contributed by atoms with Gasteiger partial charge < -0.3 is 10.1 Å². The standard InChI is InChI=1S/C12H14N2O2S/c1-8-10(3-2-4-11(15)16)17-12(14-8)9-5-6-13-7-9/h5-7,13H,2-4H2,1H3,(H,15,16). The Kier molecular flexibility index (Phi) is 3.58. The topological polar surface area (TPSA) is 66.0 Å². The minimum Gasteiger partial charge on any atom is -0.481 e. The Bertz CT molecular complexity index is 503. The molecular formula is C12H14N2O2S. The molecule has 0 amide bonds. The molecule has 2 aromatic heterocycles. The van der Waals surface area contributed by atoms with E-state index < -0.39 is 5.97 Å². The Labute approximate surface area is 103 Å². The Balaban J connectivity index is 2.06. The van der Waals surface area contributed by atoms with Gasteiger partial charge in [-0.3, -0.25) is 4.79 Å². The van der Waals surface area contributed by atoms with Crippen molar-refractivity contribution < 1.29 is 9.90 Å². The number of aromatic amines is 1. The first-order chi connectivity index (χ1) is 8.16. The first kappa shape index (κ1) is 11.9. The zero-order chi connectivity index (χ0) is 12.3. The molecule has 2 rings (SSSR count). The highest BCUT2D eigenvalue weighted by molar-refractivity contribution is 7.15. The number of thiazole rings is 1. The lowest BCUT2D eigenvalue weighted by molar-refractivity contribution is -0.137. The maximum absolute atomic E-state index is 10.5. The summed E-state index contributed by atoms with van der Waals surface area (Å²) in [6.45, 7) is 1.97. The normalized spacial score (nSPS) is 10.6. The van der Waals surface area contributed by atoms with E-state index >= 15 is 0 Å². The van der Waals surface area contributed by atoms with E-state index in [0.717, 1.165) is 22.7 Å². The van der Waals surface area contributed by atoms with Gasteiger partial charge in [0.1, 0.15) is 5.01 Å². The molecule has 17 heavy (non-hydrogen) atoms. The molecule has 0 radical (unpaired) electrons. The van der Waals surface area contributed by atoms with E-state index in [4.69, 9.17) is 5.11 Å². The van der Waals surface area contributed by atoms with E-state index in [1.807, 2.05) is 25.4 Å². The van der Waals surface area contributed by atoms with Gasteiger partial charge in [0.05, 0.1) is 5.69 Å². The highest BCUT2D eigenvalue weighted by Gasteiger charge is 2.10. The highest BCUT2D eigenvalue weighted by Crippen LogP contribution is 2.28. The van der Waals surface area contributed by atoms with Crippen LogP contribution >= 0.6 is 11.3 Å². The molecule has 0 bridgehead atoms. The summed E-state index contributed by atoms with van der Waals surface area (Å²) in [7, 11) is 0. The van der Waals surface area contributed by atoms with Crippen LogP contribution in [0.15, 0.2) is 18.5 Å². The smallest absolute Gasteiger partial charge is 0.303 e. The van der Waals surface area contributed by atoms with Gasteiger partial charge in [-0.05, 0) is 25.8 Å². The minimum absolute atomic E-state index is 0.219. The molecule has 5 heteroatoms. The lowest BCUT2D eigenvalue weighted by atomic mass is 10.2. The molecule has 2 aromatic rings. The van der Waals surface area contributed by atoms with Crippen LogP contribution < -0.4 is 0 Å². The van der Waals surface area contributed by atoms with Crippen LogP contribution in [-0.2, 0) is 11.2 Å². The van der Waals surface area contributed by atoms with Crippen molar-refractivity contribution in [2.24, 2.45) is 0 Å². The number of nitrogens with zero attached hydrogens (tertiary/aromatic N) is 1. The number of hydrogen-bond donors (Lipinski definition) is 2. The van der Waals surface area contributed by atoms with Gasteiger partial charge in [-0.2, -0.15) is 0 Å². The van der Waals surface area contributed by atoms with Gasteiger partial charge in [-0.25, -0.2) is 4.98 Å². The van der Waals surface area contributed by atoms with Gasteiger partial charge in [0.15, 0.2) is 0 Å². The average molecular weight is 250 g/mol. The fourth-order valence-electron chi connectivity index (χ4n) is 1.64. The summed E-state index contributed by atoms with van der Waals surface area (Å²) in [6.07, 6.45) is 5.47. The van der Waals surface area contributed by atoms with E-state index in [9.17, 15) is 4.79 Å². The molecule has 2 N–H and O–H groups in total. The summed E-state index contributed by atoms with van der Waals surface area (Å²) in [5.41, 5.74) is 2.10. The molecule has 2 heterocycles. The lowest BCUT2D eigenvalue weighted by Crippen LogP contribution is -1.95. The Morgan fingerprint density at radius 1 is 1.59 bits per heavy atom. The molecule has 90 valence electrons. The summed E-state index contributed by atoms with van der Waals surface area (Å²) in [5, 5.41) is 9.59. The molecule has 0 aromatic carbocycles. The van der Waals surface area contributed by atoms with Crippen molar-refractivity contribution in [3.63, 3.8) is 0 Å². The number of carboxylic acid groups (broad SMARTS) is 1. The second-order valence-electron chi connectivity index (χ2n) is 3.87. The monoisotopic (exact) mass is 250 g/mol. The Morgan fingerprint density at radius 2 is 2.41 bits per heavy atom. The summed E-state index contributed by atoms with van der Waals surface area (Å²) in [6, 6.07) is 1.99. The number of carboxylic acids is 1. The second-order valence-corrected chi connectivity index (χ2v) is 4.96. The third kappa shape index (κ3) is 2.94. The van der Waals surface area contributed by atoms with Gasteiger partial charge in [0, 0.05) is 29.3 Å². The summed E-state index contributed by atoms with van der Waals surface area (Å²) in [4.78, 5) is 19.1. The van der Waals surface area contributed by atoms with Gasteiger partial charge in [0.2, 0.25) is 0 Å². The Hall–Kier alpha value is -1.62. The molecule has 0 spiro atoms. The van der Waals surface area contributed by atoms with Crippen LogP contribution in [0.5, 0.6) is 0 Å². The van der Waals surface area contributed by atoms with Crippen LogP contribution in [-0.4, -0.2) is 21.0 Å². The molecule has 4 nitrogen and oxygen atoms in total. The average Bonchev–Trinajstić information content (AvgIpc) is 2.87. The summed E-state index contributed by atoms with van der Waals surface area (Å²) >= 11 is 1.64. The number of rotatable bonds is 5. The van der Waals surface area contributed by atoms with E-state index in [1.54, 1.807) is 11.3 Å². The summed E-state index contributed by atoms with van der Waals surface area (Å²) < 4.78 is 0. The zero-order valence-electron chi connectivity index (χ0n) is 9.56. The van der Waals surface area contributed by atoms with Crippen molar-refractivity contribution in [1.82, 2.24) is 9.97 Å². The first-order valence-corrected chi connectivity index (χ1v) is 6.29. The van der Waals surface area contributed by atoms with E-state index in [0.29, 0.717) is 6.42 Å². The quantitative estimate of drug-likeness (QED) is 0.857. The SMILES string of the molecule is Cc1nc(-c2cc[nH]c2)sc1CCCC(=O)O. The van der Waals surface area contributed by atoms with E-state index in [1.165, 1.54) is 4.88 Å². The number of carbonyl (C=O) groups is 1. The van der Waals surface area contributed by atoms with Crippen LogP contribution in [0.3, 0.4) is 0 Å². The molecule has 0 saturated heterocycles. The van der Waals surface area contributed by atoms with Crippen molar-refractivity contribution in [2.45, 2.75) is 26.2 Å². The molecule has 0 atom stereocenters. The van der Waals surface area contributed by atoms with Crippen LogP contribution in [0.1, 0.15) is 23.4 Å². The van der Waals surface area contributed by atoms with Crippen LogP contribution in [0.2, 0.25) is 0 Å². The summed E-state index contributed by atoms with van der Waals surface area (Å²) in [5.74, 6) is -0.738. The van der Waals surface area contributed by atoms with Gasteiger partial charge >= 0.3 is 5.97 Å². The number of aryl methyl sites for hydroxylation is 2. The van der Waals surface area contributed by atoms with Crippen molar-refractivity contribution in [3.8, 4) is 10.6 Å². The van der Waals surface area contributed by atoms with Crippen LogP contribution in [0.4, 0.5) is 0 Å². The number of aromatic nitrogens is 2. The molecule has 0 fully saturated rings. The molecule has 0 unspecified atom stereocenters. The molecule has 0 aliphatic heterocycles. The van der Waals surface area contributed by atoms with Crippen molar-refractivity contribution >= 4 is 17.3 Å². The van der Waals surface area contributed by atoms with Crippen molar-refractivity contribution in [1.29, 1.82) is 0 Å². The maximum atomic E-state index is 10.5. The molecule has 0 saturated carbocycles. The molecular weight excluding hydrogens is 236 g/mol. The van der Waals surface area contributed by atoms with Crippen molar-refractivity contribution in [2.75, 3.05) is 0 Å². The number of hydrogen-bond acceptors (Lipinski definition) is 3. The number of H-pyrrole nitrogens is 1. The van der Waals surface area contributed by atoms with E-state index in [2.05, 4.69) is 9.97 Å². The van der Waals surface area contributed by atoms with Crippen LogP contribution in [0, 0.1) is 6.92 Å².